The van der Waals surface area contributed by atoms with Gasteiger partial charge in [-0.15, -0.1) is 0 Å². The molecule has 3 rings (SSSR count). The van der Waals surface area contributed by atoms with Gasteiger partial charge in [0.2, 0.25) is 0 Å². The van der Waals surface area contributed by atoms with Crippen LogP contribution in [0, 0.1) is 20.2 Å². The molecule has 2 aromatic rings. The van der Waals surface area contributed by atoms with Crippen molar-refractivity contribution >= 4 is 23.2 Å². The van der Waals surface area contributed by atoms with Crippen molar-refractivity contribution in [2.75, 3.05) is 19.6 Å². The molecule has 2 aromatic carbocycles. The minimum absolute atomic E-state index is 0.0110. The highest BCUT2D eigenvalue weighted by atomic mass is 16.6. The lowest BCUT2D eigenvalue weighted by molar-refractivity contribution is -0.385. The fraction of sp³-hybridized carbons (Fsp3) is 0.263. The first kappa shape index (κ1) is 19.9. The molecule has 1 atom stereocenters. The first-order valence-electron chi connectivity index (χ1n) is 8.88. The zero-order chi connectivity index (χ0) is 21.1. The van der Waals surface area contributed by atoms with E-state index < -0.39 is 27.7 Å². The molecule has 0 saturated carbocycles. The number of carbonyl (C=O) groups is 2. The summed E-state index contributed by atoms with van der Waals surface area (Å²) in [6.45, 7) is 2.22. The Hall–Kier alpha value is -3.82. The maximum absolute atomic E-state index is 12.9. The molecule has 10 nitrogen and oxygen atoms in total. The van der Waals surface area contributed by atoms with Crippen LogP contribution in [-0.4, -0.2) is 57.1 Å². The average Bonchev–Trinajstić information content (AvgIpc) is 2.72. The maximum Gasteiger partial charge on any atom is 0.282 e. The van der Waals surface area contributed by atoms with E-state index in [-0.39, 0.29) is 42.1 Å². The number of rotatable bonds is 4. The van der Waals surface area contributed by atoms with Gasteiger partial charge in [-0.05, 0) is 19.1 Å². The van der Waals surface area contributed by atoms with Crippen LogP contribution >= 0.6 is 0 Å². The van der Waals surface area contributed by atoms with Crippen molar-refractivity contribution in [2.45, 2.75) is 13.0 Å². The molecule has 150 valence electrons. The van der Waals surface area contributed by atoms with Gasteiger partial charge < -0.3 is 9.80 Å². The summed E-state index contributed by atoms with van der Waals surface area (Å²) in [5, 5.41) is 22.4. The molecular formula is C19H18N4O6. The molecule has 1 aliphatic heterocycles. The largest absolute Gasteiger partial charge is 0.335 e. The predicted molar refractivity (Wildman–Crippen MR) is 103 cm³/mol. The molecule has 29 heavy (non-hydrogen) atoms. The van der Waals surface area contributed by atoms with Crippen LogP contribution in [0.5, 0.6) is 0 Å². The average molecular weight is 398 g/mol. The minimum Gasteiger partial charge on any atom is -0.335 e. The zero-order valence-electron chi connectivity index (χ0n) is 15.6. The maximum atomic E-state index is 12.9. The van der Waals surface area contributed by atoms with Crippen LogP contribution in [0.15, 0.2) is 48.5 Å². The van der Waals surface area contributed by atoms with Crippen molar-refractivity contribution in [3.63, 3.8) is 0 Å². The van der Waals surface area contributed by atoms with E-state index in [1.807, 2.05) is 0 Å². The van der Waals surface area contributed by atoms with Gasteiger partial charge in [-0.1, -0.05) is 24.3 Å². The summed E-state index contributed by atoms with van der Waals surface area (Å²) in [7, 11) is 0. The summed E-state index contributed by atoms with van der Waals surface area (Å²) >= 11 is 0. The Morgan fingerprint density at radius 3 is 1.83 bits per heavy atom. The van der Waals surface area contributed by atoms with Gasteiger partial charge in [0.05, 0.1) is 9.85 Å². The van der Waals surface area contributed by atoms with Crippen LogP contribution in [0.3, 0.4) is 0 Å². The van der Waals surface area contributed by atoms with Crippen molar-refractivity contribution in [3.8, 4) is 0 Å². The second-order valence-corrected chi connectivity index (χ2v) is 6.65. The number of hydrogen-bond donors (Lipinski definition) is 0. The smallest absolute Gasteiger partial charge is 0.282 e. The van der Waals surface area contributed by atoms with Crippen molar-refractivity contribution in [1.29, 1.82) is 0 Å². The standard InChI is InChI=1S/C19H18N4O6/c1-13-12-20(18(24)14-6-2-4-8-16(14)22(26)27)10-11-21(13)19(25)15-7-3-5-9-17(15)23(28)29/h2-9,13H,10-12H2,1H3/t13-/m0/s1. The van der Waals surface area contributed by atoms with Gasteiger partial charge in [0.25, 0.3) is 23.2 Å². The first-order chi connectivity index (χ1) is 13.8. The van der Waals surface area contributed by atoms with Crippen molar-refractivity contribution in [2.24, 2.45) is 0 Å². The monoisotopic (exact) mass is 398 g/mol. The van der Waals surface area contributed by atoms with Gasteiger partial charge in [0, 0.05) is 37.8 Å². The minimum atomic E-state index is -0.606. The molecule has 0 N–H and O–H groups in total. The molecule has 0 aliphatic carbocycles. The molecule has 1 aliphatic rings. The number of nitro groups is 2. The number of amides is 2. The second-order valence-electron chi connectivity index (χ2n) is 6.65. The fourth-order valence-corrected chi connectivity index (χ4v) is 3.40. The van der Waals surface area contributed by atoms with E-state index in [9.17, 15) is 29.8 Å². The second kappa shape index (κ2) is 8.05. The molecule has 1 saturated heterocycles. The number of nitro benzene ring substituents is 2. The van der Waals surface area contributed by atoms with E-state index in [2.05, 4.69) is 0 Å². The van der Waals surface area contributed by atoms with Crippen LogP contribution in [0.25, 0.3) is 0 Å². The molecule has 2 amide bonds. The summed E-state index contributed by atoms with van der Waals surface area (Å²) in [4.78, 5) is 49.8. The third-order valence-corrected chi connectivity index (χ3v) is 4.84. The number of benzene rings is 2. The van der Waals surface area contributed by atoms with E-state index >= 15 is 0 Å². The molecule has 10 heteroatoms. The highest BCUT2D eigenvalue weighted by Crippen LogP contribution is 2.24. The van der Waals surface area contributed by atoms with Crippen LogP contribution in [0.4, 0.5) is 11.4 Å². The summed E-state index contributed by atoms with van der Waals surface area (Å²) < 4.78 is 0. The Kier molecular flexibility index (Phi) is 5.53. The van der Waals surface area contributed by atoms with E-state index in [0.29, 0.717) is 0 Å². The molecule has 0 bridgehead atoms. The van der Waals surface area contributed by atoms with Crippen molar-refractivity contribution in [3.05, 3.63) is 79.9 Å². The number of para-hydroxylation sites is 2. The Morgan fingerprint density at radius 1 is 0.862 bits per heavy atom. The molecule has 0 aromatic heterocycles. The van der Waals surface area contributed by atoms with Gasteiger partial charge in [-0.2, -0.15) is 0 Å². The topological polar surface area (TPSA) is 127 Å². The third-order valence-electron chi connectivity index (χ3n) is 4.84. The van der Waals surface area contributed by atoms with Gasteiger partial charge in [-0.25, -0.2) is 0 Å². The van der Waals surface area contributed by atoms with E-state index in [4.69, 9.17) is 0 Å². The number of nitrogens with zero attached hydrogens (tertiary/aromatic N) is 4. The normalized spacial score (nSPS) is 16.4. The van der Waals surface area contributed by atoms with Crippen LogP contribution < -0.4 is 0 Å². The lowest BCUT2D eigenvalue weighted by atomic mass is 10.1. The van der Waals surface area contributed by atoms with E-state index in [1.165, 1.54) is 46.2 Å². The molecule has 0 unspecified atom stereocenters. The summed E-state index contributed by atoms with van der Waals surface area (Å²) in [5.41, 5.74) is -0.572. The lowest BCUT2D eigenvalue weighted by Crippen LogP contribution is -2.55. The lowest BCUT2D eigenvalue weighted by Gasteiger charge is -2.39. The van der Waals surface area contributed by atoms with E-state index in [1.54, 1.807) is 19.1 Å². The van der Waals surface area contributed by atoms with Gasteiger partial charge in [-0.3, -0.25) is 29.8 Å². The summed E-state index contributed by atoms with van der Waals surface area (Å²) in [6, 6.07) is 11.0. The molecule has 1 heterocycles. The number of carbonyl (C=O) groups excluding carboxylic acids is 2. The summed E-state index contributed by atoms with van der Waals surface area (Å²) in [5.74, 6) is -0.968. The fourth-order valence-electron chi connectivity index (χ4n) is 3.40. The van der Waals surface area contributed by atoms with Crippen molar-refractivity contribution in [1.82, 2.24) is 9.80 Å². The zero-order valence-corrected chi connectivity index (χ0v) is 15.6. The van der Waals surface area contributed by atoms with Crippen LogP contribution in [-0.2, 0) is 0 Å². The predicted octanol–water partition coefficient (Wildman–Crippen LogP) is 2.49. The number of piperazine rings is 1. The Bertz CT molecular complexity index is 992. The SMILES string of the molecule is C[C@H]1CN(C(=O)c2ccccc2[N+](=O)[O-])CCN1C(=O)c1ccccc1[N+](=O)[O-]. The first-order valence-corrected chi connectivity index (χ1v) is 8.88. The van der Waals surface area contributed by atoms with Crippen molar-refractivity contribution < 1.29 is 19.4 Å². The summed E-state index contributed by atoms with van der Waals surface area (Å²) in [6.07, 6.45) is 0. The van der Waals surface area contributed by atoms with Crippen LogP contribution in [0.2, 0.25) is 0 Å². The van der Waals surface area contributed by atoms with E-state index in [0.717, 1.165) is 0 Å². The third kappa shape index (κ3) is 3.91. The Balaban J connectivity index is 1.78. The van der Waals surface area contributed by atoms with Gasteiger partial charge in [0.15, 0.2) is 0 Å². The van der Waals surface area contributed by atoms with Gasteiger partial charge >= 0.3 is 0 Å². The molecule has 0 spiro atoms. The Morgan fingerprint density at radius 2 is 1.34 bits per heavy atom. The molecular weight excluding hydrogens is 380 g/mol. The molecule has 1 fully saturated rings. The Labute approximate surface area is 165 Å². The highest BCUT2D eigenvalue weighted by molar-refractivity contribution is 6.00. The highest BCUT2D eigenvalue weighted by Gasteiger charge is 2.34. The quantitative estimate of drug-likeness (QED) is 0.575. The molecule has 0 radical (unpaired) electrons. The van der Waals surface area contributed by atoms with Gasteiger partial charge in [0.1, 0.15) is 11.1 Å². The van der Waals surface area contributed by atoms with Crippen LogP contribution in [0.1, 0.15) is 27.6 Å². The number of hydrogen-bond acceptors (Lipinski definition) is 6.